The van der Waals surface area contributed by atoms with E-state index in [2.05, 4.69) is 4.98 Å². The van der Waals surface area contributed by atoms with Crippen LogP contribution in [0, 0.1) is 0 Å². The number of nitrogens with zero attached hydrogens (tertiary/aromatic N) is 3. The number of aryl methyl sites for hydroxylation is 1. The van der Waals surface area contributed by atoms with Gasteiger partial charge >= 0.3 is 6.18 Å². The zero-order valence-electron chi connectivity index (χ0n) is 19.7. The van der Waals surface area contributed by atoms with Gasteiger partial charge in [-0.25, -0.2) is 4.98 Å². The lowest BCUT2D eigenvalue weighted by Crippen LogP contribution is -2.58. The van der Waals surface area contributed by atoms with Gasteiger partial charge < -0.3 is 15.4 Å². The average Bonchev–Trinajstić information content (AvgIpc) is 3.07. The molecule has 0 aliphatic heterocycles. The van der Waals surface area contributed by atoms with E-state index in [4.69, 9.17) is 5.73 Å². The number of fused-ring (bicyclic) bond motifs is 1. The van der Waals surface area contributed by atoms with E-state index in [1.165, 1.54) is 0 Å². The van der Waals surface area contributed by atoms with Gasteiger partial charge in [-0.1, -0.05) is 54.6 Å². The van der Waals surface area contributed by atoms with Crippen LogP contribution in [0.1, 0.15) is 25.3 Å². The summed E-state index contributed by atoms with van der Waals surface area (Å²) in [5.41, 5.74) is 8.18. The molecule has 2 aromatic carbocycles. The minimum Gasteiger partial charge on any atom is -0.390 e. The third-order valence-electron chi connectivity index (χ3n) is 6.70. The Kier molecular flexibility index (Phi) is 6.31. The van der Waals surface area contributed by atoms with Crippen LogP contribution in [0.2, 0.25) is 0 Å². The highest BCUT2D eigenvalue weighted by atomic mass is 35.5. The molecule has 6 nitrogen and oxygen atoms in total. The molecule has 36 heavy (non-hydrogen) atoms. The summed E-state index contributed by atoms with van der Waals surface area (Å²) in [4.78, 5) is 17.5. The topological polar surface area (TPSA) is 86.1 Å². The van der Waals surface area contributed by atoms with Crippen molar-refractivity contribution in [3.8, 4) is 22.4 Å². The lowest BCUT2D eigenvalue weighted by atomic mass is 9.63. The average molecular weight is 519 g/mol. The maximum absolute atomic E-state index is 13.3. The molecule has 2 heterocycles. The van der Waals surface area contributed by atoms with Crippen molar-refractivity contribution in [1.82, 2.24) is 14.1 Å². The minimum atomic E-state index is -4.55. The molecule has 0 spiro atoms. The van der Waals surface area contributed by atoms with E-state index in [1.54, 1.807) is 18.5 Å². The Bertz CT molecular complexity index is 1470. The second kappa shape index (κ2) is 8.76. The molecule has 190 valence electrons. The predicted octanol–water partition coefficient (Wildman–Crippen LogP) is 4.75. The molecule has 2 aromatic heterocycles. The Hall–Kier alpha value is -3.14. The monoisotopic (exact) mass is 518 g/mol. The van der Waals surface area contributed by atoms with Gasteiger partial charge in [0.25, 0.3) is 5.56 Å². The van der Waals surface area contributed by atoms with Crippen LogP contribution in [0.4, 0.5) is 13.2 Å². The van der Waals surface area contributed by atoms with Crippen LogP contribution in [0.15, 0.2) is 65.7 Å². The third kappa shape index (κ3) is 4.42. The Morgan fingerprint density at radius 3 is 2.22 bits per heavy atom. The first-order chi connectivity index (χ1) is 16.4. The van der Waals surface area contributed by atoms with Crippen LogP contribution in [0.5, 0.6) is 0 Å². The molecule has 5 rings (SSSR count). The number of nitrogens with two attached hydrogens (primary N) is 1. The third-order valence-corrected chi connectivity index (χ3v) is 6.70. The summed E-state index contributed by atoms with van der Waals surface area (Å²) in [5, 5.41) is 10.3. The van der Waals surface area contributed by atoms with E-state index in [0.717, 1.165) is 17.5 Å². The van der Waals surface area contributed by atoms with Crippen LogP contribution in [0.3, 0.4) is 0 Å². The number of aromatic nitrogens is 3. The van der Waals surface area contributed by atoms with Gasteiger partial charge in [0.2, 0.25) is 0 Å². The standard InChI is InChI=1S/C26H25F3N4O2.ClH/c1-24(35)12-25(30,13-24)18-10-8-17(9-11-18)21-19(16-6-4-3-5-7-16)20-22(32(21)2)31-15-33(23(20)34)14-26(27,28)29;/h3-11,15,35H,12-14,30H2,1-2H3;1H. The highest BCUT2D eigenvalue weighted by Crippen LogP contribution is 2.47. The Balaban J connectivity index is 0.00000304. The molecule has 10 heteroatoms. The quantitative estimate of drug-likeness (QED) is 0.408. The van der Waals surface area contributed by atoms with Gasteiger partial charge in [0.1, 0.15) is 18.5 Å². The summed E-state index contributed by atoms with van der Waals surface area (Å²) in [6.07, 6.45) is -2.71. The van der Waals surface area contributed by atoms with E-state index in [1.807, 2.05) is 54.6 Å². The van der Waals surface area contributed by atoms with Crippen molar-refractivity contribution < 1.29 is 18.3 Å². The summed E-state index contributed by atoms with van der Waals surface area (Å²) in [6, 6.07) is 16.6. The zero-order chi connectivity index (χ0) is 25.2. The maximum atomic E-state index is 13.3. The fourth-order valence-electron chi connectivity index (χ4n) is 5.35. The molecule has 3 N–H and O–H groups in total. The molecule has 0 bridgehead atoms. The van der Waals surface area contributed by atoms with E-state index in [-0.39, 0.29) is 17.8 Å². The highest BCUT2D eigenvalue weighted by molar-refractivity contribution is 6.02. The molecular formula is C26H26ClF3N4O2. The van der Waals surface area contributed by atoms with Crippen molar-refractivity contribution in [2.24, 2.45) is 12.8 Å². The van der Waals surface area contributed by atoms with Crippen LogP contribution in [0.25, 0.3) is 33.4 Å². The molecule has 0 atom stereocenters. The van der Waals surface area contributed by atoms with E-state index < -0.39 is 29.4 Å². The first-order valence-electron chi connectivity index (χ1n) is 11.2. The Labute approximate surface area is 211 Å². The molecule has 4 aromatic rings. The molecule has 1 aliphatic carbocycles. The first-order valence-corrected chi connectivity index (χ1v) is 11.2. The SMILES string of the molecule is Cl.Cn1c(-c2ccc(C3(N)CC(C)(O)C3)cc2)c(-c2ccccc2)c2c(=O)n(CC(F)(F)F)cnc21. The first kappa shape index (κ1) is 25.9. The summed E-state index contributed by atoms with van der Waals surface area (Å²) in [6.45, 7) is 0.344. The van der Waals surface area contributed by atoms with Gasteiger partial charge in [0.05, 0.1) is 16.7 Å². The normalized spacial score (nSPS) is 21.8. The van der Waals surface area contributed by atoms with E-state index >= 15 is 0 Å². The Morgan fingerprint density at radius 2 is 1.67 bits per heavy atom. The summed E-state index contributed by atoms with van der Waals surface area (Å²) < 4.78 is 41.6. The Morgan fingerprint density at radius 1 is 1.06 bits per heavy atom. The van der Waals surface area contributed by atoms with Crippen molar-refractivity contribution in [1.29, 1.82) is 0 Å². The van der Waals surface area contributed by atoms with Crippen molar-refractivity contribution in [3.63, 3.8) is 0 Å². The van der Waals surface area contributed by atoms with Crippen LogP contribution in [-0.4, -0.2) is 31.0 Å². The fourth-order valence-corrected chi connectivity index (χ4v) is 5.35. The van der Waals surface area contributed by atoms with Gasteiger partial charge in [-0.15, -0.1) is 12.4 Å². The summed E-state index contributed by atoms with van der Waals surface area (Å²) >= 11 is 0. The lowest BCUT2D eigenvalue weighted by molar-refractivity contribution is -0.141. The van der Waals surface area contributed by atoms with Gasteiger partial charge in [-0.05, 0) is 36.5 Å². The number of aliphatic hydroxyl groups is 1. The van der Waals surface area contributed by atoms with E-state index in [0.29, 0.717) is 39.9 Å². The largest absolute Gasteiger partial charge is 0.406 e. The van der Waals surface area contributed by atoms with Crippen LogP contribution < -0.4 is 11.3 Å². The number of benzene rings is 2. The van der Waals surface area contributed by atoms with Crippen molar-refractivity contribution in [2.75, 3.05) is 0 Å². The summed E-state index contributed by atoms with van der Waals surface area (Å²) in [5.74, 6) is 0. The minimum absolute atomic E-state index is 0. The van der Waals surface area contributed by atoms with Crippen molar-refractivity contribution >= 4 is 23.4 Å². The van der Waals surface area contributed by atoms with E-state index in [9.17, 15) is 23.1 Å². The highest BCUT2D eigenvalue weighted by Gasteiger charge is 2.49. The molecule has 0 saturated heterocycles. The van der Waals surface area contributed by atoms with Gasteiger partial charge in [0, 0.05) is 18.2 Å². The van der Waals surface area contributed by atoms with Gasteiger partial charge in [-0.3, -0.25) is 9.36 Å². The maximum Gasteiger partial charge on any atom is 0.406 e. The second-order valence-electron chi connectivity index (χ2n) is 9.72. The predicted molar refractivity (Wildman–Crippen MR) is 135 cm³/mol. The van der Waals surface area contributed by atoms with Crippen molar-refractivity contribution in [3.05, 3.63) is 76.8 Å². The zero-order valence-corrected chi connectivity index (χ0v) is 20.5. The lowest BCUT2D eigenvalue weighted by Gasteiger charge is -2.49. The molecular weight excluding hydrogens is 493 g/mol. The molecule has 0 amide bonds. The molecule has 0 unspecified atom stereocenters. The number of rotatable bonds is 4. The number of alkyl halides is 3. The van der Waals surface area contributed by atoms with Gasteiger partial charge in [-0.2, -0.15) is 13.2 Å². The molecule has 1 saturated carbocycles. The van der Waals surface area contributed by atoms with Crippen LogP contribution >= 0.6 is 12.4 Å². The second-order valence-corrected chi connectivity index (χ2v) is 9.72. The molecule has 1 fully saturated rings. The summed E-state index contributed by atoms with van der Waals surface area (Å²) in [7, 11) is 1.74. The number of halogens is 4. The van der Waals surface area contributed by atoms with Crippen LogP contribution in [-0.2, 0) is 19.1 Å². The molecule has 0 radical (unpaired) electrons. The van der Waals surface area contributed by atoms with Crippen molar-refractivity contribution in [2.45, 2.75) is 43.6 Å². The number of hydrogen-bond acceptors (Lipinski definition) is 4. The fraction of sp³-hybridized carbons (Fsp3) is 0.308. The van der Waals surface area contributed by atoms with Gasteiger partial charge in [0.15, 0.2) is 0 Å². The smallest absolute Gasteiger partial charge is 0.390 e. The molecule has 1 aliphatic rings. The number of hydrogen-bond donors (Lipinski definition) is 2.